The van der Waals surface area contributed by atoms with Crippen LogP contribution >= 0.6 is 38.9 Å². The molecule has 34 heavy (non-hydrogen) atoms. The molecule has 0 radical (unpaired) electrons. The number of rotatable bonds is 10. The summed E-state index contributed by atoms with van der Waals surface area (Å²) in [5.41, 5.74) is 1.65. The summed E-state index contributed by atoms with van der Waals surface area (Å²) in [6.45, 7) is 0.562. The van der Waals surface area contributed by atoms with E-state index in [4.69, 9.17) is 11.6 Å². The maximum atomic E-state index is 12.5. The number of aryl methyl sites for hydroxylation is 1. The van der Waals surface area contributed by atoms with Gasteiger partial charge < -0.3 is 10.6 Å². The minimum atomic E-state index is -0.407. The highest BCUT2D eigenvalue weighted by Crippen LogP contribution is 2.25. The number of nitrogens with zero attached hydrogens (tertiary/aromatic N) is 2. The van der Waals surface area contributed by atoms with Crippen LogP contribution in [0.3, 0.4) is 0 Å². The molecule has 0 spiro atoms. The number of hydrogen-bond acceptors (Lipinski definition) is 5. The molecule has 2 heterocycles. The number of aromatic amines is 1. The molecule has 2 aromatic carbocycles. The van der Waals surface area contributed by atoms with Gasteiger partial charge in [-0.15, -0.1) is 11.3 Å². The highest BCUT2D eigenvalue weighted by molar-refractivity contribution is 9.10. The van der Waals surface area contributed by atoms with Crippen molar-refractivity contribution >= 4 is 66.7 Å². The summed E-state index contributed by atoms with van der Waals surface area (Å²) >= 11 is 11.2. The molecule has 3 N–H and O–H groups in total. The molecule has 0 aliphatic heterocycles. The zero-order valence-electron chi connectivity index (χ0n) is 18.2. The molecule has 0 aliphatic rings. The number of para-hydroxylation sites is 1. The Labute approximate surface area is 214 Å². The molecule has 7 nitrogen and oxygen atoms in total. The Morgan fingerprint density at radius 3 is 2.59 bits per heavy atom. The van der Waals surface area contributed by atoms with E-state index in [1.165, 1.54) is 9.71 Å². The van der Waals surface area contributed by atoms with Gasteiger partial charge in [0.1, 0.15) is 5.69 Å². The first kappa shape index (κ1) is 24.4. The first-order valence-electron chi connectivity index (χ1n) is 11.0. The normalized spacial score (nSPS) is 11.0. The second-order valence-corrected chi connectivity index (χ2v) is 10.0. The van der Waals surface area contributed by atoms with Crippen LogP contribution in [0.5, 0.6) is 0 Å². The maximum Gasteiger partial charge on any atom is 0.270 e. The number of fused-ring (bicyclic) bond motifs is 1. The molecule has 176 valence electrons. The molecule has 0 fully saturated rings. The van der Waals surface area contributed by atoms with Gasteiger partial charge in [0.15, 0.2) is 5.82 Å². The SMILES string of the molecule is O=C(Nc1n[nH]c(C(=O)NCCCCCCc2nc3ccccc3s2)c1Br)c1ccccc1Cl. The zero-order valence-corrected chi connectivity index (χ0v) is 21.4. The highest BCUT2D eigenvalue weighted by atomic mass is 79.9. The lowest BCUT2D eigenvalue weighted by Gasteiger charge is -2.05. The van der Waals surface area contributed by atoms with Crippen molar-refractivity contribution in [2.45, 2.75) is 32.1 Å². The molecular formula is C24H23BrClN5O2S. The average Bonchev–Trinajstić information content (AvgIpc) is 3.41. The number of halogens is 2. The van der Waals surface area contributed by atoms with E-state index < -0.39 is 5.91 Å². The van der Waals surface area contributed by atoms with E-state index in [0.717, 1.165) is 37.6 Å². The predicted molar refractivity (Wildman–Crippen MR) is 140 cm³/mol. The number of anilines is 1. The summed E-state index contributed by atoms with van der Waals surface area (Å²) in [5.74, 6) is -0.465. The fourth-order valence-corrected chi connectivity index (χ4v) is 5.14. The summed E-state index contributed by atoms with van der Waals surface area (Å²) in [4.78, 5) is 29.6. The molecule has 2 amide bonds. The molecule has 0 atom stereocenters. The van der Waals surface area contributed by atoms with Gasteiger partial charge in [0.25, 0.3) is 11.8 Å². The Bertz CT molecular complexity index is 1270. The topological polar surface area (TPSA) is 99.8 Å². The van der Waals surface area contributed by atoms with Crippen LogP contribution in [-0.2, 0) is 6.42 Å². The fraction of sp³-hybridized carbons (Fsp3) is 0.250. The number of carbonyl (C=O) groups is 2. The first-order valence-corrected chi connectivity index (χ1v) is 12.9. The molecule has 0 bridgehead atoms. The molecular weight excluding hydrogens is 538 g/mol. The number of thiazole rings is 1. The average molecular weight is 561 g/mol. The highest BCUT2D eigenvalue weighted by Gasteiger charge is 2.19. The van der Waals surface area contributed by atoms with Crippen LogP contribution < -0.4 is 10.6 Å². The quantitative estimate of drug-likeness (QED) is 0.200. The monoisotopic (exact) mass is 559 g/mol. The lowest BCUT2D eigenvalue weighted by atomic mass is 10.1. The summed E-state index contributed by atoms with van der Waals surface area (Å²) in [6, 6.07) is 14.9. The van der Waals surface area contributed by atoms with E-state index in [0.29, 0.717) is 21.6 Å². The summed E-state index contributed by atoms with van der Waals surface area (Å²) in [7, 11) is 0. The zero-order chi connectivity index (χ0) is 23.9. The Morgan fingerprint density at radius 1 is 1.00 bits per heavy atom. The van der Waals surface area contributed by atoms with E-state index in [9.17, 15) is 9.59 Å². The predicted octanol–water partition coefficient (Wildman–Crippen LogP) is 6.22. The van der Waals surface area contributed by atoms with E-state index in [2.05, 4.69) is 47.8 Å². The molecule has 4 aromatic rings. The minimum absolute atomic E-state index is 0.227. The summed E-state index contributed by atoms with van der Waals surface area (Å²) < 4.78 is 1.62. The van der Waals surface area contributed by atoms with Gasteiger partial charge >= 0.3 is 0 Å². The van der Waals surface area contributed by atoms with Gasteiger partial charge in [-0.1, -0.05) is 48.7 Å². The van der Waals surface area contributed by atoms with Crippen LogP contribution in [0.4, 0.5) is 5.82 Å². The first-order chi connectivity index (χ1) is 16.5. The number of amides is 2. The molecule has 4 rings (SSSR count). The van der Waals surface area contributed by atoms with Gasteiger partial charge in [-0.3, -0.25) is 14.7 Å². The summed E-state index contributed by atoms with van der Waals surface area (Å²) in [5, 5.41) is 13.8. The number of nitrogens with one attached hydrogen (secondary N) is 3. The molecule has 0 saturated carbocycles. The number of H-pyrrole nitrogens is 1. The van der Waals surface area contributed by atoms with Crippen molar-refractivity contribution < 1.29 is 9.59 Å². The van der Waals surface area contributed by atoms with Crippen LogP contribution in [-0.4, -0.2) is 33.5 Å². The third kappa shape index (κ3) is 6.02. The number of hydrogen-bond donors (Lipinski definition) is 3. The van der Waals surface area contributed by atoms with Crippen LogP contribution in [0.25, 0.3) is 10.2 Å². The van der Waals surface area contributed by atoms with E-state index in [1.807, 2.05) is 18.2 Å². The maximum absolute atomic E-state index is 12.5. The third-order valence-corrected chi connectivity index (χ3v) is 7.42. The number of benzene rings is 2. The second kappa shape index (κ2) is 11.6. The molecule has 0 unspecified atom stereocenters. The largest absolute Gasteiger partial charge is 0.351 e. The van der Waals surface area contributed by atoms with Crippen LogP contribution in [0.2, 0.25) is 5.02 Å². The molecule has 0 saturated heterocycles. The van der Waals surface area contributed by atoms with Gasteiger partial charge in [0, 0.05) is 6.54 Å². The Hall–Kier alpha value is -2.75. The standard InChI is InChI=1S/C24H23BrClN5O2S/c25-20-21(30-31-22(20)29-23(32)15-9-4-5-10-16(15)26)24(33)27-14-8-2-1-3-13-19-28-17-11-6-7-12-18(17)34-19/h4-7,9-12H,1-3,8,13-14H2,(H,27,33)(H2,29,30,31,32). The fourth-order valence-electron chi connectivity index (χ4n) is 3.45. The van der Waals surface area contributed by atoms with Crippen molar-refractivity contribution in [2.24, 2.45) is 0 Å². The van der Waals surface area contributed by atoms with E-state index >= 15 is 0 Å². The van der Waals surface area contributed by atoms with Crippen molar-refractivity contribution in [3.8, 4) is 0 Å². The Morgan fingerprint density at radius 2 is 1.76 bits per heavy atom. The Balaban J connectivity index is 1.17. The van der Waals surface area contributed by atoms with Crippen molar-refractivity contribution in [3.05, 3.63) is 74.3 Å². The summed E-state index contributed by atoms with van der Waals surface area (Å²) in [6.07, 6.45) is 5.05. The van der Waals surface area contributed by atoms with Gasteiger partial charge in [0.05, 0.1) is 30.3 Å². The van der Waals surface area contributed by atoms with Gasteiger partial charge in [-0.25, -0.2) is 4.98 Å². The Kier molecular flexibility index (Phi) is 8.31. The van der Waals surface area contributed by atoms with Crippen molar-refractivity contribution in [3.63, 3.8) is 0 Å². The molecule has 2 aromatic heterocycles. The number of unbranched alkanes of at least 4 members (excludes halogenated alkanes) is 3. The second-order valence-electron chi connectivity index (χ2n) is 7.69. The molecule has 0 aliphatic carbocycles. The van der Waals surface area contributed by atoms with E-state index in [-0.39, 0.29) is 17.4 Å². The smallest absolute Gasteiger partial charge is 0.270 e. The lowest BCUT2D eigenvalue weighted by Crippen LogP contribution is -2.25. The van der Waals surface area contributed by atoms with Gasteiger partial charge in [0.2, 0.25) is 0 Å². The lowest BCUT2D eigenvalue weighted by molar-refractivity contribution is 0.0946. The number of aromatic nitrogens is 3. The van der Waals surface area contributed by atoms with Gasteiger partial charge in [-0.05, 0) is 59.5 Å². The van der Waals surface area contributed by atoms with Crippen molar-refractivity contribution in [1.82, 2.24) is 20.5 Å². The van der Waals surface area contributed by atoms with Crippen molar-refractivity contribution in [2.75, 3.05) is 11.9 Å². The number of carbonyl (C=O) groups excluding carboxylic acids is 2. The van der Waals surface area contributed by atoms with Crippen molar-refractivity contribution in [1.29, 1.82) is 0 Å². The van der Waals surface area contributed by atoms with Crippen LogP contribution in [0.1, 0.15) is 51.5 Å². The van der Waals surface area contributed by atoms with Crippen LogP contribution in [0.15, 0.2) is 53.0 Å². The minimum Gasteiger partial charge on any atom is -0.351 e. The third-order valence-electron chi connectivity index (χ3n) is 5.23. The molecule has 10 heteroatoms. The van der Waals surface area contributed by atoms with Crippen LogP contribution in [0, 0.1) is 0 Å². The van der Waals surface area contributed by atoms with E-state index in [1.54, 1.807) is 35.6 Å². The van der Waals surface area contributed by atoms with Gasteiger partial charge in [-0.2, -0.15) is 5.10 Å².